The first-order valence-electron chi connectivity index (χ1n) is 8.78. The van der Waals surface area contributed by atoms with Gasteiger partial charge in [0.05, 0.1) is 28.6 Å². The number of oxime groups is 1. The molecule has 2 aromatic carbocycles. The van der Waals surface area contributed by atoms with Crippen LogP contribution in [0.25, 0.3) is 0 Å². The summed E-state index contributed by atoms with van der Waals surface area (Å²) in [4.78, 5) is 4.22. The standard InChI is InChI=1S/C20H19ClF3N3O2/c1-20(2,28)9-25-17-8-12-11(7-15(23)18(24)19(12)26-17)16(27-29)6-10-3-4-14(22)13(21)5-10/h3-5,7,28-29H,6,8-9H2,1-2H3,(H,25,26)/b27-16+. The van der Waals surface area contributed by atoms with E-state index in [0.29, 0.717) is 17.0 Å². The molecule has 0 aliphatic carbocycles. The van der Waals surface area contributed by atoms with Gasteiger partial charge in [0.25, 0.3) is 0 Å². The van der Waals surface area contributed by atoms with Gasteiger partial charge in [0.2, 0.25) is 0 Å². The van der Waals surface area contributed by atoms with Gasteiger partial charge < -0.3 is 15.6 Å². The minimum Gasteiger partial charge on any atom is -0.411 e. The van der Waals surface area contributed by atoms with Gasteiger partial charge in [-0.3, -0.25) is 4.99 Å². The lowest BCUT2D eigenvalue weighted by Crippen LogP contribution is -2.24. The predicted molar refractivity (Wildman–Crippen MR) is 106 cm³/mol. The van der Waals surface area contributed by atoms with Crippen LogP contribution in [0.15, 0.2) is 34.4 Å². The average molecular weight is 426 g/mol. The van der Waals surface area contributed by atoms with E-state index in [-0.39, 0.29) is 41.4 Å². The first kappa shape index (κ1) is 21.1. The van der Waals surface area contributed by atoms with E-state index in [1.807, 2.05) is 0 Å². The molecule has 0 saturated heterocycles. The fraction of sp³-hybridized carbons (Fsp3) is 0.300. The van der Waals surface area contributed by atoms with Crippen LogP contribution in [0.4, 0.5) is 18.9 Å². The molecule has 0 saturated carbocycles. The maximum atomic E-state index is 14.3. The molecule has 5 nitrogen and oxygen atoms in total. The van der Waals surface area contributed by atoms with Crippen molar-refractivity contribution in [2.75, 3.05) is 11.9 Å². The van der Waals surface area contributed by atoms with Crippen LogP contribution in [-0.4, -0.2) is 34.0 Å². The van der Waals surface area contributed by atoms with Gasteiger partial charge in [0.1, 0.15) is 11.7 Å². The monoisotopic (exact) mass is 425 g/mol. The molecule has 0 spiro atoms. The van der Waals surface area contributed by atoms with Crippen molar-refractivity contribution in [2.24, 2.45) is 10.1 Å². The summed E-state index contributed by atoms with van der Waals surface area (Å²) in [5, 5.41) is 25.2. The zero-order valence-electron chi connectivity index (χ0n) is 15.7. The molecule has 0 unspecified atom stereocenters. The van der Waals surface area contributed by atoms with Gasteiger partial charge in [-0.2, -0.15) is 0 Å². The van der Waals surface area contributed by atoms with Crippen molar-refractivity contribution in [3.05, 3.63) is 63.4 Å². The van der Waals surface area contributed by atoms with E-state index in [2.05, 4.69) is 15.5 Å². The topological polar surface area (TPSA) is 77.2 Å². The molecule has 0 fully saturated rings. The van der Waals surface area contributed by atoms with Gasteiger partial charge in [0.15, 0.2) is 11.6 Å². The molecule has 0 amide bonds. The van der Waals surface area contributed by atoms with Crippen LogP contribution in [-0.2, 0) is 12.8 Å². The van der Waals surface area contributed by atoms with Gasteiger partial charge in [-0.1, -0.05) is 22.8 Å². The SMILES string of the molecule is CC(C)(O)CN=C1Cc2c(/C(Cc3ccc(F)c(Cl)c3)=N/O)cc(F)c(F)c2N1. The maximum Gasteiger partial charge on any atom is 0.182 e. The van der Waals surface area contributed by atoms with Gasteiger partial charge in [0, 0.05) is 18.4 Å². The molecule has 2 aromatic rings. The highest BCUT2D eigenvalue weighted by atomic mass is 35.5. The van der Waals surface area contributed by atoms with E-state index in [1.165, 1.54) is 18.2 Å². The van der Waals surface area contributed by atoms with Gasteiger partial charge >= 0.3 is 0 Å². The molecule has 3 N–H and O–H groups in total. The van der Waals surface area contributed by atoms with Crippen LogP contribution in [0.1, 0.15) is 30.5 Å². The number of amidine groups is 1. The number of fused-ring (bicyclic) bond motifs is 1. The Kier molecular flexibility index (Phi) is 5.86. The number of nitrogens with zero attached hydrogens (tertiary/aromatic N) is 2. The van der Waals surface area contributed by atoms with Gasteiger partial charge in [-0.15, -0.1) is 0 Å². The summed E-state index contributed by atoms with van der Waals surface area (Å²) in [6.45, 7) is 3.22. The number of rotatable bonds is 5. The van der Waals surface area contributed by atoms with E-state index in [9.17, 15) is 23.5 Å². The normalized spacial score (nSPS) is 15.6. The Morgan fingerprint density at radius 3 is 2.55 bits per heavy atom. The molecule has 29 heavy (non-hydrogen) atoms. The summed E-state index contributed by atoms with van der Waals surface area (Å²) in [7, 11) is 0. The Labute approximate surface area is 170 Å². The molecule has 0 bridgehead atoms. The number of halogens is 4. The molecule has 1 heterocycles. The van der Waals surface area contributed by atoms with Gasteiger partial charge in [-0.05, 0) is 43.2 Å². The van der Waals surface area contributed by atoms with Crippen molar-refractivity contribution in [3.63, 3.8) is 0 Å². The molecular weight excluding hydrogens is 407 g/mol. The smallest absolute Gasteiger partial charge is 0.182 e. The first-order chi connectivity index (χ1) is 13.6. The number of nitrogens with one attached hydrogen (secondary N) is 1. The number of aliphatic imine (C=N–C) groups is 1. The van der Waals surface area contributed by atoms with Crippen molar-refractivity contribution in [1.29, 1.82) is 0 Å². The molecule has 1 aliphatic rings. The third-order valence-electron chi connectivity index (χ3n) is 4.38. The highest BCUT2D eigenvalue weighted by molar-refractivity contribution is 6.30. The Hall–Kier alpha value is -2.58. The van der Waals surface area contributed by atoms with Crippen LogP contribution in [0.2, 0.25) is 5.02 Å². The number of benzene rings is 2. The van der Waals surface area contributed by atoms with Crippen molar-refractivity contribution >= 4 is 28.8 Å². The van der Waals surface area contributed by atoms with Crippen molar-refractivity contribution in [1.82, 2.24) is 0 Å². The first-order valence-corrected chi connectivity index (χ1v) is 9.15. The lowest BCUT2D eigenvalue weighted by molar-refractivity contribution is 0.0904. The second-order valence-corrected chi connectivity index (χ2v) is 7.83. The Morgan fingerprint density at radius 2 is 1.93 bits per heavy atom. The average Bonchev–Trinajstić information content (AvgIpc) is 3.08. The summed E-state index contributed by atoms with van der Waals surface area (Å²) >= 11 is 5.78. The summed E-state index contributed by atoms with van der Waals surface area (Å²) in [6, 6.07) is 4.96. The fourth-order valence-electron chi connectivity index (χ4n) is 3.00. The highest BCUT2D eigenvalue weighted by Crippen LogP contribution is 2.33. The second-order valence-electron chi connectivity index (χ2n) is 7.42. The molecule has 1 aliphatic heterocycles. The van der Waals surface area contributed by atoms with Gasteiger partial charge in [-0.25, -0.2) is 13.2 Å². The quantitative estimate of drug-likeness (QED) is 0.379. The molecule has 0 radical (unpaired) electrons. The largest absolute Gasteiger partial charge is 0.411 e. The minimum absolute atomic E-state index is 0.0180. The lowest BCUT2D eigenvalue weighted by Gasteiger charge is -2.13. The van der Waals surface area contributed by atoms with Crippen LogP contribution in [0.3, 0.4) is 0 Å². The van der Waals surface area contributed by atoms with E-state index in [4.69, 9.17) is 11.6 Å². The van der Waals surface area contributed by atoms with E-state index < -0.39 is 23.1 Å². The summed E-state index contributed by atoms with van der Waals surface area (Å²) in [6.07, 6.45) is 0.158. The van der Waals surface area contributed by atoms with Crippen LogP contribution < -0.4 is 5.32 Å². The molecule has 9 heteroatoms. The third kappa shape index (κ3) is 4.71. The summed E-state index contributed by atoms with van der Waals surface area (Å²) < 4.78 is 41.9. The van der Waals surface area contributed by atoms with Crippen LogP contribution >= 0.6 is 11.6 Å². The highest BCUT2D eigenvalue weighted by Gasteiger charge is 2.28. The number of anilines is 1. The minimum atomic E-state index is -1.12. The van der Waals surface area contributed by atoms with E-state index >= 15 is 0 Å². The zero-order chi connectivity index (χ0) is 21.3. The number of aliphatic hydroxyl groups is 1. The summed E-state index contributed by atoms with van der Waals surface area (Å²) in [5.41, 5.74) is 0.0169. The van der Waals surface area contributed by atoms with Crippen molar-refractivity contribution in [2.45, 2.75) is 32.3 Å². The molecule has 154 valence electrons. The fourth-order valence-corrected chi connectivity index (χ4v) is 3.21. The Morgan fingerprint density at radius 1 is 1.21 bits per heavy atom. The molecule has 3 rings (SSSR count). The van der Waals surface area contributed by atoms with Crippen LogP contribution in [0.5, 0.6) is 0 Å². The molecular formula is C20H19ClF3N3O2. The zero-order valence-corrected chi connectivity index (χ0v) is 16.5. The lowest BCUT2D eigenvalue weighted by atomic mass is 9.95. The van der Waals surface area contributed by atoms with E-state index in [1.54, 1.807) is 13.8 Å². The third-order valence-corrected chi connectivity index (χ3v) is 4.67. The molecule has 0 aromatic heterocycles. The summed E-state index contributed by atoms with van der Waals surface area (Å²) in [5.74, 6) is -2.42. The number of hydrogen-bond acceptors (Lipinski definition) is 4. The van der Waals surface area contributed by atoms with Crippen LogP contribution in [0, 0.1) is 17.5 Å². The predicted octanol–water partition coefficient (Wildman–Crippen LogP) is 4.32. The van der Waals surface area contributed by atoms with E-state index in [0.717, 1.165) is 6.07 Å². The number of hydrogen-bond donors (Lipinski definition) is 3. The Balaban J connectivity index is 1.97. The Bertz CT molecular complexity index is 1020. The van der Waals surface area contributed by atoms with Crippen molar-refractivity contribution in [3.8, 4) is 0 Å². The maximum absolute atomic E-state index is 14.3. The molecule has 0 atom stereocenters. The van der Waals surface area contributed by atoms with Crippen molar-refractivity contribution < 1.29 is 23.5 Å². The second kappa shape index (κ2) is 8.04.